The monoisotopic (exact) mass is 339 g/mol. The minimum atomic E-state index is -0.522. The molecule has 0 aliphatic rings. The molecule has 0 atom stereocenters. The van der Waals surface area contributed by atoms with Gasteiger partial charge in [0.1, 0.15) is 0 Å². The number of hydrogen-bond acceptors (Lipinski definition) is 2. The van der Waals surface area contributed by atoms with Gasteiger partial charge in [-0.3, -0.25) is 4.79 Å². The predicted octanol–water partition coefficient (Wildman–Crippen LogP) is 3.44. The van der Waals surface area contributed by atoms with E-state index in [1.165, 1.54) is 6.08 Å². The largest absolute Gasteiger partial charge is 0.394 e. The number of carbonyl (C=O) groups is 1. The lowest BCUT2D eigenvalue weighted by atomic mass is 9.94. The molecular formula is C16H22BrNO2. The van der Waals surface area contributed by atoms with Crippen LogP contribution < -0.4 is 5.32 Å². The van der Waals surface area contributed by atoms with Crippen molar-refractivity contribution in [2.75, 3.05) is 6.61 Å². The number of benzene rings is 1. The first-order chi connectivity index (χ1) is 9.46. The molecule has 0 radical (unpaired) electrons. The second-order valence-corrected chi connectivity index (χ2v) is 5.85. The van der Waals surface area contributed by atoms with Gasteiger partial charge in [-0.05, 0) is 43.0 Å². The quantitative estimate of drug-likeness (QED) is 0.780. The third-order valence-electron chi connectivity index (χ3n) is 3.61. The standard InChI is InChI=1S/C16H22BrNO2/c1-4-16(5-2,11-19)18-15(20)9-8-13-7-6-12(3)10-14(13)17/h6-10,19H,4-5,11H2,1-3H3,(H,18,20). The number of aryl methyl sites for hydroxylation is 1. The zero-order chi connectivity index (χ0) is 15.2. The average Bonchev–Trinajstić information content (AvgIpc) is 2.44. The van der Waals surface area contributed by atoms with Crippen LogP contribution >= 0.6 is 15.9 Å². The number of amides is 1. The third kappa shape index (κ3) is 4.46. The van der Waals surface area contributed by atoms with Crippen molar-refractivity contribution in [1.29, 1.82) is 0 Å². The fourth-order valence-electron chi connectivity index (χ4n) is 1.93. The fraction of sp³-hybridized carbons (Fsp3) is 0.438. The summed E-state index contributed by atoms with van der Waals surface area (Å²) in [5.74, 6) is -0.185. The van der Waals surface area contributed by atoms with Crippen LogP contribution in [-0.2, 0) is 4.79 Å². The Balaban J connectivity index is 2.77. The summed E-state index contributed by atoms with van der Waals surface area (Å²) in [5.41, 5.74) is 1.59. The van der Waals surface area contributed by atoms with Gasteiger partial charge in [-0.25, -0.2) is 0 Å². The highest BCUT2D eigenvalue weighted by atomic mass is 79.9. The highest BCUT2D eigenvalue weighted by molar-refractivity contribution is 9.10. The summed E-state index contributed by atoms with van der Waals surface area (Å²) in [4.78, 5) is 12.0. The molecular weight excluding hydrogens is 318 g/mol. The molecule has 0 spiro atoms. The summed E-state index contributed by atoms with van der Waals surface area (Å²) in [6.07, 6.45) is 4.68. The van der Waals surface area contributed by atoms with Crippen molar-refractivity contribution in [3.05, 3.63) is 39.9 Å². The van der Waals surface area contributed by atoms with Crippen molar-refractivity contribution >= 4 is 27.9 Å². The number of rotatable bonds is 6. The summed E-state index contributed by atoms with van der Waals surface area (Å²) in [7, 11) is 0. The van der Waals surface area contributed by atoms with Gasteiger partial charge in [-0.1, -0.05) is 41.9 Å². The van der Waals surface area contributed by atoms with Gasteiger partial charge in [0.2, 0.25) is 5.91 Å². The van der Waals surface area contributed by atoms with Crippen molar-refractivity contribution in [3.8, 4) is 0 Å². The molecule has 2 N–H and O–H groups in total. The van der Waals surface area contributed by atoms with E-state index < -0.39 is 5.54 Å². The Morgan fingerprint density at radius 3 is 2.55 bits per heavy atom. The summed E-state index contributed by atoms with van der Waals surface area (Å²) < 4.78 is 0.959. The predicted molar refractivity (Wildman–Crippen MR) is 86.5 cm³/mol. The molecule has 3 nitrogen and oxygen atoms in total. The topological polar surface area (TPSA) is 49.3 Å². The normalized spacial score (nSPS) is 11.8. The Morgan fingerprint density at radius 1 is 1.40 bits per heavy atom. The third-order valence-corrected chi connectivity index (χ3v) is 4.30. The average molecular weight is 340 g/mol. The van der Waals surface area contributed by atoms with Crippen molar-refractivity contribution in [2.45, 2.75) is 39.2 Å². The molecule has 0 aliphatic carbocycles. The molecule has 0 saturated heterocycles. The van der Waals surface area contributed by atoms with Gasteiger partial charge in [0.25, 0.3) is 0 Å². The Morgan fingerprint density at radius 2 is 2.05 bits per heavy atom. The molecule has 20 heavy (non-hydrogen) atoms. The lowest BCUT2D eigenvalue weighted by Gasteiger charge is -2.30. The molecule has 4 heteroatoms. The summed E-state index contributed by atoms with van der Waals surface area (Å²) in [5, 5.41) is 12.3. The summed E-state index contributed by atoms with van der Waals surface area (Å²) >= 11 is 3.48. The van der Waals surface area contributed by atoms with Crippen LogP contribution in [0.1, 0.15) is 37.8 Å². The maximum Gasteiger partial charge on any atom is 0.244 e. The maximum atomic E-state index is 12.0. The van der Waals surface area contributed by atoms with E-state index in [0.717, 1.165) is 15.6 Å². The molecule has 0 aliphatic heterocycles. The van der Waals surface area contributed by atoms with E-state index in [0.29, 0.717) is 12.8 Å². The van der Waals surface area contributed by atoms with Gasteiger partial charge < -0.3 is 10.4 Å². The van der Waals surface area contributed by atoms with E-state index in [1.807, 2.05) is 39.0 Å². The Labute approximate surface area is 129 Å². The number of nitrogens with one attached hydrogen (secondary N) is 1. The van der Waals surface area contributed by atoms with Crippen LogP contribution in [0, 0.1) is 6.92 Å². The second-order valence-electron chi connectivity index (χ2n) is 4.99. The molecule has 1 aromatic carbocycles. The first-order valence-corrected chi connectivity index (χ1v) is 7.63. The van der Waals surface area contributed by atoms with Crippen molar-refractivity contribution in [3.63, 3.8) is 0 Å². The van der Waals surface area contributed by atoms with E-state index in [2.05, 4.69) is 21.2 Å². The minimum Gasteiger partial charge on any atom is -0.394 e. The van der Waals surface area contributed by atoms with Crippen molar-refractivity contribution in [1.82, 2.24) is 5.32 Å². The molecule has 1 rings (SSSR count). The van der Waals surface area contributed by atoms with Crippen LogP contribution in [0.2, 0.25) is 0 Å². The summed E-state index contributed by atoms with van der Waals surface area (Å²) in [6.45, 7) is 5.89. The molecule has 0 bridgehead atoms. The number of aliphatic hydroxyl groups excluding tert-OH is 1. The van der Waals surface area contributed by atoms with Gasteiger partial charge in [-0.2, -0.15) is 0 Å². The molecule has 0 fully saturated rings. The van der Waals surface area contributed by atoms with Crippen LogP contribution in [0.3, 0.4) is 0 Å². The maximum absolute atomic E-state index is 12.0. The van der Waals surface area contributed by atoms with Gasteiger partial charge in [0, 0.05) is 10.5 Å². The number of halogens is 1. The SMILES string of the molecule is CCC(CC)(CO)NC(=O)C=Cc1ccc(C)cc1Br. The van der Waals surface area contributed by atoms with E-state index in [1.54, 1.807) is 6.08 Å². The summed E-state index contributed by atoms with van der Waals surface area (Å²) in [6, 6.07) is 5.97. The van der Waals surface area contributed by atoms with Gasteiger partial charge in [-0.15, -0.1) is 0 Å². The van der Waals surface area contributed by atoms with Crippen LogP contribution in [0.15, 0.2) is 28.7 Å². The van der Waals surface area contributed by atoms with E-state index in [-0.39, 0.29) is 12.5 Å². The van der Waals surface area contributed by atoms with E-state index in [4.69, 9.17) is 0 Å². The van der Waals surface area contributed by atoms with Crippen LogP contribution in [-0.4, -0.2) is 23.2 Å². The van der Waals surface area contributed by atoms with Crippen LogP contribution in [0.5, 0.6) is 0 Å². The molecule has 1 aromatic rings. The van der Waals surface area contributed by atoms with E-state index in [9.17, 15) is 9.90 Å². The zero-order valence-corrected chi connectivity index (χ0v) is 13.8. The lowest BCUT2D eigenvalue weighted by molar-refractivity contribution is -0.119. The fourth-order valence-corrected chi connectivity index (χ4v) is 2.55. The Kier molecular flexibility index (Phi) is 6.43. The smallest absolute Gasteiger partial charge is 0.244 e. The van der Waals surface area contributed by atoms with Crippen molar-refractivity contribution in [2.24, 2.45) is 0 Å². The zero-order valence-electron chi connectivity index (χ0n) is 12.2. The molecule has 0 aromatic heterocycles. The van der Waals surface area contributed by atoms with Crippen molar-refractivity contribution < 1.29 is 9.90 Å². The Hall–Kier alpha value is -1.13. The molecule has 0 unspecified atom stereocenters. The molecule has 1 amide bonds. The number of carbonyl (C=O) groups excluding carboxylic acids is 1. The highest BCUT2D eigenvalue weighted by Gasteiger charge is 2.26. The van der Waals surface area contributed by atoms with Gasteiger partial charge in [0.05, 0.1) is 12.1 Å². The second kappa shape index (κ2) is 7.60. The van der Waals surface area contributed by atoms with Gasteiger partial charge in [0.15, 0.2) is 0 Å². The lowest BCUT2D eigenvalue weighted by Crippen LogP contribution is -2.49. The highest BCUT2D eigenvalue weighted by Crippen LogP contribution is 2.20. The first kappa shape index (κ1) is 16.9. The number of aliphatic hydroxyl groups is 1. The van der Waals surface area contributed by atoms with Gasteiger partial charge >= 0.3 is 0 Å². The first-order valence-electron chi connectivity index (χ1n) is 6.83. The Bertz CT molecular complexity index is 485. The van der Waals surface area contributed by atoms with E-state index >= 15 is 0 Å². The molecule has 0 heterocycles. The molecule has 0 saturated carbocycles. The van der Waals surface area contributed by atoms with Crippen LogP contribution in [0.4, 0.5) is 0 Å². The number of hydrogen-bond donors (Lipinski definition) is 2. The minimum absolute atomic E-state index is 0.0478. The molecule has 110 valence electrons. The van der Waals surface area contributed by atoms with Crippen LogP contribution in [0.25, 0.3) is 6.08 Å².